The molecule has 0 bridgehead atoms. The summed E-state index contributed by atoms with van der Waals surface area (Å²) in [7, 11) is 0. The number of benzene rings is 3. The summed E-state index contributed by atoms with van der Waals surface area (Å²) in [6.07, 6.45) is 0. The summed E-state index contributed by atoms with van der Waals surface area (Å²) in [5, 5.41) is 15.4. The van der Waals surface area contributed by atoms with Crippen molar-refractivity contribution in [1.82, 2.24) is 10.2 Å². The first-order valence-corrected chi connectivity index (χ1v) is 9.77. The fourth-order valence-electron chi connectivity index (χ4n) is 3.20. The molecule has 5 nitrogen and oxygen atoms in total. The SMILES string of the molecule is O=c1oc2ccc3ccccc3c2cc1-c1nnc(NCc2ccc(F)cc2)s1. The van der Waals surface area contributed by atoms with E-state index < -0.39 is 5.63 Å². The van der Waals surface area contributed by atoms with Crippen molar-refractivity contribution in [3.8, 4) is 10.6 Å². The van der Waals surface area contributed by atoms with Gasteiger partial charge in [-0.25, -0.2) is 9.18 Å². The predicted octanol–water partition coefficient (Wildman–Crippen LogP) is 5.22. The lowest BCUT2D eigenvalue weighted by Crippen LogP contribution is -2.02. The Labute approximate surface area is 168 Å². The lowest BCUT2D eigenvalue weighted by molar-refractivity contribution is 0.563. The minimum Gasteiger partial charge on any atom is -0.422 e. The summed E-state index contributed by atoms with van der Waals surface area (Å²) in [4.78, 5) is 12.5. The number of rotatable bonds is 4. The molecule has 3 aromatic carbocycles. The van der Waals surface area contributed by atoms with Crippen LogP contribution in [0.5, 0.6) is 0 Å². The highest BCUT2D eigenvalue weighted by atomic mass is 32.1. The molecule has 7 heteroatoms. The molecule has 0 aliphatic heterocycles. The van der Waals surface area contributed by atoms with E-state index in [1.54, 1.807) is 18.2 Å². The molecule has 0 spiro atoms. The monoisotopic (exact) mass is 403 g/mol. The number of fused-ring (bicyclic) bond motifs is 3. The van der Waals surface area contributed by atoms with Crippen LogP contribution in [0.2, 0.25) is 0 Å². The van der Waals surface area contributed by atoms with E-state index in [0.717, 1.165) is 21.7 Å². The Morgan fingerprint density at radius 3 is 2.66 bits per heavy atom. The molecule has 0 radical (unpaired) electrons. The van der Waals surface area contributed by atoms with E-state index >= 15 is 0 Å². The summed E-state index contributed by atoms with van der Waals surface area (Å²) in [6.45, 7) is 0.478. The Morgan fingerprint density at radius 1 is 0.966 bits per heavy atom. The quantitative estimate of drug-likeness (QED) is 0.329. The van der Waals surface area contributed by atoms with E-state index in [1.165, 1.54) is 23.5 Å². The first-order chi connectivity index (χ1) is 14.2. The smallest absolute Gasteiger partial charge is 0.346 e. The molecular formula is C22H14FN3O2S. The van der Waals surface area contributed by atoms with Crippen molar-refractivity contribution in [3.63, 3.8) is 0 Å². The van der Waals surface area contributed by atoms with Gasteiger partial charge in [0.1, 0.15) is 11.4 Å². The number of aromatic nitrogens is 2. The van der Waals surface area contributed by atoms with Gasteiger partial charge in [-0.3, -0.25) is 0 Å². The summed E-state index contributed by atoms with van der Waals surface area (Å²) in [5.74, 6) is -0.275. The zero-order valence-corrected chi connectivity index (χ0v) is 15.9. The van der Waals surface area contributed by atoms with Crippen LogP contribution in [-0.2, 0) is 6.54 Å². The average Bonchev–Trinajstić information content (AvgIpc) is 3.21. The first-order valence-electron chi connectivity index (χ1n) is 8.95. The van der Waals surface area contributed by atoms with Gasteiger partial charge < -0.3 is 9.73 Å². The van der Waals surface area contributed by atoms with Gasteiger partial charge in [-0.05, 0) is 40.6 Å². The molecule has 0 aliphatic rings. The van der Waals surface area contributed by atoms with Crippen molar-refractivity contribution in [3.05, 3.63) is 88.5 Å². The minimum absolute atomic E-state index is 0.275. The van der Waals surface area contributed by atoms with Crippen molar-refractivity contribution < 1.29 is 8.81 Å². The lowest BCUT2D eigenvalue weighted by atomic mass is 10.0. The van der Waals surface area contributed by atoms with Crippen LogP contribution >= 0.6 is 11.3 Å². The summed E-state index contributed by atoms with van der Waals surface area (Å²) < 4.78 is 18.5. The van der Waals surface area contributed by atoms with Gasteiger partial charge in [0.05, 0.1) is 5.56 Å². The standard InChI is InChI=1S/C22H14FN3O2S/c23-15-8-5-13(6-9-15)12-24-22-26-25-20(29-22)18-11-17-16-4-2-1-3-14(16)7-10-19(17)28-21(18)27/h1-11H,12H2,(H,24,26). The second kappa shape index (κ2) is 7.10. The van der Waals surface area contributed by atoms with Gasteiger partial charge in [-0.2, -0.15) is 0 Å². The lowest BCUT2D eigenvalue weighted by Gasteiger charge is -2.04. The van der Waals surface area contributed by atoms with E-state index in [0.29, 0.717) is 27.8 Å². The summed E-state index contributed by atoms with van der Waals surface area (Å²) in [5.41, 5.74) is 1.38. The Bertz CT molecular complexity index is 1390. The maximum atomic E-state index is 13.0. The van der Waals surface area contributed by atoms with Gasteiger partial charge in [-0.15, -0.1) is 10.2 Å². The van der Waals surface area contributed by atoms with Crippen LogP contribution < -0.4 is 10.9 Å². The Balaban J connectivity index is 1.49. The highest BCUT2D eigenvalue weighted by molar-refractivity contribution is 7.18. The highest BCUT2D eigenvalue weighted by Crippen LogP contribution is 2.30. The first kappa shape index (κ1) is 17.5. The van der Waals surface area contributed by atoms with Crippen LogP contribution in [0, 0.1) is 5.82 Å². The van der Waals surface area contributed by atoms with Gasteiger partial charge in [-0.1, -0.05) is 53.8 Å². The number of hydrogen-bond acceptors (Lipinski definition) is 6. The number of nitrogens with zero attached hydrogens (tertiary/aromatic N) is 2. The molecule has 0 atom stereocenters. The number of anilines is 1. The molecule has 0 fully saturated rings. The fourth-order valence-corrected chi connectivity index (χ4v) is 3.95. The molecule has 0 aliphatic carbocycles. The van der Waals surface area contributed by atoms with Gasteiger partial charge in [0.2, 0.25) is 5.13 Å². The van der Waals surface area contributed by atoms with Crippen LogP contribution in [0.15, 0.2) is 75.9 Å². The third kappa shape index (κ3) is 3.36. The van der Waals surface area contributed by atoms with Crippen LogP contribution in [0.4, 0.5) is 9.52 Å². The van der Waals surface area contributed by atoms with Crippen LogP contribution in [-0.4, -0.2) is 10.2 Å². The van der Waals surface area contributed by atoms with Gasteiger partial charge in [0, 0.05) is 11.9 Å². The molecule has 0 unspecified atom stereocenters. The molecule has 2 aromatic heterocycles. The van der Waals surface area contributed by atoms with Crippen LogP contribution in [0.3, 0.4) is 0 Å². The van der Waals surface area contributed by atoms with Crippen molar-refractivity contribution in [2.24, 2.45) is 0 Å². The molecular weight excluding hydrogens is 389 g/mol. The van der Waals surface area contributed by atoms with Crippen molar-refractivity contribution in [2.75, 3.05) is 5.32 Å². The third-order valence-electron chi connectivity index (χ3n) is 4.65. The van der Waals surface area contributed by atoms with Gasteiger partial charge in [0.25, 0.3) is 0 Å². The summed E-state index contributed by atoms with van der Waals surface area (Å²) in [6, 6.07) is 19.7. The second-order valence-electron chi connectivity index (χ2n) is 6.54. The van der Waals surface area contributed by atoms with Crippen molar-refractivity contribution in [1.29, 1.82) is 0 Å². The van der Waals surface area contributed by atoms with E-state index in [9.17, 15) is 9.18 Å². The summed E-state index contributed by atoms with van der Waals surface area (Å²) >= 11 is 1.27. The molecule has 0 amide bonds. The van der Waals surface area contributed by atoms with E-state index in [4.69, 9.17) is 4.42 Å². The maximum Gasteiger partial charge on any atom is 0.346 e. The Morgan fingerprint density at radius 2 is 1.79 bits per heavy atom. The van der Waals surface area contributed by atoms with Gasteiger partial charge in [0.15, 0.2) is 5.01 Å². The second-order valence-corrected chi connectivity index (χ2v) is 7.52. The molecule has 29 heavy (non-hydrogen) atoms. The normalized spacial score (nSPS) is 11.2. The molecule has 5 rings (SSSR count). The van der Waals surface area contributed by atoms with E-state index in [2.05, 4.69) is 15.5 Å². The largest absolute Gasteiger partial charge is 0.422 e. The zero-order valence-electron chi connectivity index (χ0n) is 15.1. The molecule has 0 saturated heterocycles. The van der Waals surface area contributed by atoms with E-state index in [1.807, 2.05) is 36.4 Å². The molecule has 142 valence electrons. The van der Waals surface area contributed by atoms with Crippen molar-refractivity contribution in [2.45, 2.75) is 6.54 Å². The van der Waals surface area contributed by atoms with E-state index in [-0.39, 0.29) is 5.82 Å². The van der Waals surface area contributed by atoms with Crippen LogP contribution in [0.25, 0.3) is 32.3 Å². The predicted molar refractivity (Wildman–Crippen MR) is 113 cm³/mol. The molecule has 5 aromatic rings. The number of halogens is 1. The minimum atomic E-state index is -0.450. The number of nitrogens with one attached hydrogen (secondary N) is 1. The van der Waals surface area contributed by atoms with Crippen molar-refractivity contribution >= 4 is 38.2 Å². The molecule has 0 saturated carbocycles. The molecule has 1 N–H and O–H groups in total. The number of hydrogen-bond donors (Lipinski definition) is 1. The fraction of sp³-hybridized carbons (Fsp3) is 0.0455. The third-order valence-corrected chi connectivity index (χ3v) is 5.57. The van der Waals surface area contributed by atoms with Crippen LogP contribution in [0.1, 0.15) is 5.56 Å². The zero-order chi connectivity index (χ0) is 19.8. The Hall–Kier alpha value is -3.58. The average molecular weight is 403 g/mol. The topological polar surface area (TPSA) is 68.0 Å². The maximum absolute atomic E-state index is 13.0. The highest BCUT2D eigenvalue weighted by Gasteiger charge is 2.14. The Kier molecular flexibility index (Phi) is 4.29. The van der Waals surface area contributed by atoms with Gasteiger partial charge >= 0.3 is 5.63 Å². The molecule has 2 heterocycles.